The first-order chi connectivity index (χ1) is 10.6. The summed E-state index contributed by atoms with van der Waals surface area (Å²) in [6, 6.07) is 10.8. The van der Waals surface area contributed by atoms with Crippen molar-refractivity contribution in [2.24, 2.45) is 4.99 Å². The first-order valence-electron chi connectivity index (χ1n) is 6.11. The Balaban J connectivity index is 0.000000545. The van der Waals surface area contributed by atoms with Gasteiger partial charge in [-0.15, -0.1) is 5.52 Å². The quantitative estimate of drug-likeness (QED) is 0.447. The van der Waals surface area contributed by atoms with E-state index in [1.165, 1.54) is 12.1 Å². The standard InChI is InChI=1S/C15H9F2N2.2ClH.Ti/c16-12-6-13(17)8-14(7-12)19-9-11-3-1-2-10-4-5-18-15(10)11;;;/h1-9H;2*1H;/q-1;;;+2/p-2. The third kappa shape index (κ3) is 4.65. The Bertz CT molecular complexity index is 770. The maximum absolute atomic E-state index is 13.0. The number of nitrogens with zero attached hydrogens (tertiary/aromatic N) is 2. The summed E-state index contributed by atoms with van der Waals surface area (Å²) in [6.07, 6.45) is 3.27. The van der Waals surface area contributed by atoms with Crippen molar-refractivity contribution in [1.82, 2.24) is 4.98 Å². The molecule has 0 aliphatic carbocycles. The van der Waals surface area contributed by atoms with Gasteiger partial charge in [0.2, 0.25) is 0 Å². The summed E-state index contributed by atoms with van der Waals surface area (Å²) in [5.41, 5.74) is 1.87. The van der Waals surface area contributed by atoms with Crippen LogP contribution in [0.25, 0.3) is 10.9 Å². The second-order valence-corrected chi connectivity index (χ2v) is 6.77. The van der Waals surface area contributed by atoms with E-state index in [1.54, 1.807) is 12.4 Å². The molecule has 0 bridgehead atoms. The number of rotatable bonds is 2. The van der Waals surface area contributed by atoms with Crippen molar-refractivity contribution < 1.29 is 25.8 Å². The predicted octanol–water partition coefficient (Wildman–Crippen LogP) is 5.20. The summed E-state index contributed by atoms with van der Waals surface area (Å²) in [6.45, 7) is 0. The minimum absolute atomic E-state index is 0.237. The van der Waals surface area contributed by atoms with Gasteiger partial charge in [-0.2, -0.15) is 6.20 Å². The number of hydrogen-bond donors (Lipinski definition) is 0. The van der Waals surface area contributed by atoms with Crippen molar-refractivity contribution >= 4 is 41.4 Å². The van der Waals surface area contributed by atoms with Crippen molar-refractivity contribution in [3.8, 4) is 0 Å². The monoisotopic (exact) mass is 373 g/mol. The molecule has 0 unspecified atom stereocenters. The van der Waals surface area contributed by atoms with Crippen LogP contribution in [0.3, 0.4) is 0 Å². The first-order valence-corrected chi connectivity index (χ1v) is 10.4. The van der Waals surface area contributed by atoms with E-state index in [1.807, 2.05) is 24.3 Å². The fraction of sp³-hybridized carbons (Fsp3) is 0. The molecule has 2 aromatic carbocycles. The number of aromatic nitrogens is 1. The Morgan fingerprint density at radius 2 is 1.73 bits per heavy atom. The number of halogens is 4. The molecular weight excluding hydrogens is 365 g/mol. The molecule has 0 radical (unpaired) electrons. The van der Waals surface area contributed by atoms with Gasteiger partial charge in [0.05, 0.1) is 5.69 Å². The Kier molecular flexibility index (Phi) is 6.58. The van der Waals surface area contributed by atoms with Gasteiger partial charge in [-0.3, -0.25) is 4.99 Å². The van der Waals surface area contributed by atoms with Crippen LogP contribution in [0.5, 0.6) is 0 Å². The summed E-state index contributed by atoms with van der Waals surface area (Å²) in [7, 11) is 9.78. The van der Waals surface area contributed by atoms with Crippen LogP contribution in [0.2, 0.25) is 0 Å². The summed E-state index contributed by atoms with van der Waals surface area (Å²) in [5.74, 6) is -1.28. The van der Waals surface area contributed by atoms with E-state index in [-0.39, 0.29) is 5.69 Å². The molecule has 0 N–H and O–H groups in total. The van der Waals surface area contributed by atoms with Crippen LogP contribution in [0, 0.1) is 11.6 Å². The molecule has 0 saturated heterocycles. The van der Waals surface area contributed by atoms with E-state index in [0.717, 1.165) is 22.5 Å². The van der Waals surface area contributed by atoms with Crippen LogP contribution in [0.15, 0.2) is 53.7 Å². The van der Waals surface area contributed by atoms with Gasteiger partial charge >= 0.3 is 35.6 Å². The second-order valence-electron chi connectivity index (χ2n) is 4.19. The SMILES string of the molecule is Fc1cc(F)cc(N=Cc2cccc3cc[n-]c23)c1.[Cl][Ti][Cl]. The summed E-state index contributed by atoms with van der Waals surface area (Å²) in [5, 5.41) is 1.01. The number of fused-ring (bicyclic) bond motifs is 1. The van der Waals surface area contributed by atoms with Gasteiger partial charge in [-0.1, -0.05) is 24.3 Å². The summed E-state index contributed by atoms with van der Waals surface area (Å²) < 4.78 is 26.1. The van der Waals surface area contributed by atoms with Crippen LogP contribution in [0.4, 0.5) is 14.5 Å². The van der Waals surface area contributed by atoms with Crippen LogP contribution < -0.4 is 4.98 Å². The fourth-order valence-electron chi connectivity index (χ4n) is 1.92. The van der Waals surface area contributed by atoms with Crippen LogP contribution in [0.1, 0.15) is 5.56 Å². The van der Waals surface area contributed by atoms with Gasteiger partial charge in [-0.05, 0) is 23.1 Å². The van der Waals surface area contributed by atoms with E-state index in [4.69, 9.17) is 18.6 Å². The van der Waals surface area contributed by atoms with Crippen LogP contribution in [-0.4, -0.2) is 6.21 Å². The molecule has 3 aromatic rings. The fourth-order valence-corrected chi connectivity index (χ4v) is 1.92. The van der Waals surface area contributed by atoms with Crippen LogP contribution in [-0.2, 0) is 17.0 Å². The molecule has 1 aromatic heterocycles. The molecule has 2 nitrogen and oxygen atoms in total. The summed E-state index contributed by atoms with van der Waals surface area (Å²) >= 11 is -0.556. The number of aliphatic imine (C=N–C) groups is 1. The van der Waals surface area contributed by atoms with Crippen molar-refractivity contribution in [3.63, 3.8) is 0 Å². The van der Waals surface area contributed by atoms with Crippen molar-refractivity contribution in [2.45, 2.75) is 0 Å². The average Bonchev–Trinajstić information content (AvgIpc) is 2.94. The van der Waals surface area contributed by atoms with Crippen molar-refractivity contribution in [2.75, 3.05) is 0 Å². The number of hydrogen-bond acceptors (Lipinski definition) is 1. The molecule has 0 saturated carbocycles. The molecule has 0 fully saturated rings. The molecule has 0 aliphatic rings. The zero-order valence-corrected chi connectivity index (χ0v) is 14.2. The van der Waals surface area contributed by atoms with Gasteiger partial charge in [0.25, 0.3) is 0 Å². The molecule has 0 atom stereocenters. The maximum atomic E-state index is 13.0. The second kappa shape index (κ2) is 8.44. The van der Waals surface area contributed by atoms with E-state index < -0.39 is 28.7 Å². The normalized spacial score (nSPS) is 10.5. The zero-order chi connectivity index (χ0) is 15.9. The Labute approximate surface area is 142 Å². The van der Waals surface area contributed by atoms with E-state index in [2.05, 4.69) is 9.98 Å². The van der Waals surface area contributed by atoms with Gasteiger partial charge in [0.1, 0.15) is 11.6 Å². The van der Waals surface area contributed by atoms with Gasteiger partial charge in [0.15, 0.2) is 0 Å². The predicted molar refractivity (Wildman–Crippen MR) is 82.6 cm³/mol. The molecule has 112 valence electrons. The Morgan fingerprint density at radius 3 is 2.41 bits per heavy atom. The number of para-hydroxylation sites is 1. The van der Waals surface area contributed by atoms with E-state index in [9.17, 15) is 8.78 Å². The third-order valence-electron chi connectivity index (χ3n) is 2.76. The van der Waals surface area contributed by atoms with Crippen LogP contribution >= 0.6 is 18.6 Å². The summed E-state index contributed by atoms with van der Waals surface area (Å²) in [4.78, 5) is 8.31. The minimum atomic E-state index is -0.642. The Hall–Kier alpha value is -1.20. The molecule has 0 amide bonds. The molecule has 7 heteroatoms. The average molecular weight is 374 g/mol. The first kappa shape index (κ1) is 17.2. The molecule has 22 heavy (non-hydrogen) atoms. The molecule has 0 spiro atoms. The van der Waals surface area contributed by atoms with Gasteiger partial charge in [-0.25, -0.2) is 8.78 Å². The topological polar surface area (TPSA) is 26.5 Å². The molecule has 0 aliphatic heterocycles. The van der Waals surface area contributed by atoms with Gasteiger partial charge in [0, 0.05) is 12.3 Å². The molecule has 3 rings (SSSR count). The zero-order valence-electron chi connectivity index (χ0n) is 11.1. The molecule has 1 heterocycles. The number of benzene rings is 2. The molecular formula is C15H9Cl2F2N2Ti-. The Morgan fingerprint density at radius 1 is 1.05 bits per heavy atom. The van der Waals surface area contributed by atoms with Crippen molar-refractivity contribution in [1.29, 1.82) is 0 Å². The van der Waals surface area contributed by atoms with E-state index in [0.29, 0.717) is 0 Å². The van der Waals surface area contributed by atoms with E-state index >= 15 is 0 Å². The van der Waals surface area contributed by atoms with Gasteiger partial charge < -0.3 is 4.98 Å². The van der Waals surface area contributed by atoms with Crippen molar-refractivity contribution in [3.05, 3.63) is 65.9 Å². The third-order valence-corrected chi connectivity index (χ3v) is 2.76.